The number of anilines is 1. The van der Waals surface area contributed by atoms with Crippen molar-refractivity contribution in [2.45, 2.75) is 31.9 Å². The van der Waals surface area contributed by atoms with Gasteiger partial charge < -0.3 is 19.8 Å². The Balaban J connectivity index is 1.91. The van der Waals surface area contributed by atoms with E-state index < -0.39 is 0 Å². The van der Waals surface area contributed by atoms with Gasteiger partial charge in [0.15, 0.2) is 0 Å². The van der Waals surface area contributed by atoms with Crippen molar-refractivity contribution in [2.75, 3.05) is 19.5 Å². The summed E-state index contributed by atoms with van der Waals surface area (Å²) < 4.78 is 13.0. The van der Waals surface area contributed by atoms with Crippen LogP contribution in [0.25, 0.3) is 11.0 Å². The van der Waals surface area contributed by atoms with Crippen molar-refractivity contribution >= 4 is 17.0 Å². The molecule has 3 rings (SSSR count). The fourth-order valence-corrected chi connectivity index (χ4v) is 2.60. The highest BCUT2D eigenvalue weighted by Crippen LogP contribution is 2.24. The highest BCUT2D eigenvalue weighted by Gasteiger charge is 2.17. The second kappa shape index (κ2) is 5.09. The minimum Gasteiger partial charge on any atom is -0.497 e. The van der Waals surface area contributed by atoms with Crippen LogP contribution in [0.1, 0.15) is 19.3 Å². The monoisotopic (exact) mass is 261 g/mol. The van der Waals surface area contributed by atoms with E-state index in [4.69, 9.17) is 15.2 Å². The third-order valence-electron chi connectivity index (χ3n) is 3.65. The largest absolute Gasteiger partial charge is 0.497 e. The molecule has 2 heterocycles. The predicted molar refractivity (Wildman–Crippen MR) is 74.3 cm³/mol. The molecule has 1 aliphatic rings. The maximum absolute atomic E-state index is 6.02. The molecule has 0 saturated carbocycles. The highest BCUT2D eigenvalue weighted by molar-refractivity contribution is 5.79. The summed E-state index contributed by atoms with van der Waals surface area (Å²) in [6.07, 6.45) is 3.73. The van der Waals surface area contributed by atoms with Crippen molar-refractivity contribution in [3.63, 3.8) is 0 Å². The van der Waals surface area contributed by atoms with Gasteiger partial charge in [0.1, 0.15) is 5.75 Å². The molecule has 1 fully saturated rings. The molecule has 5 nitrogen and oxygen atoms in total. The van der Waals surface area contributed by atoms with Gasteiger partial charge in [-0.25, -0.2) is 4.98 Å². The van der Waals surface area contributed by atoms with Gasteiger partial charge in [-0.05, 0) is 31.4 Å². The third kappa shape index (κ3) is 2.38. The van der Waals surface area contributed by atoms with Crippen LogP contribution in [-0.2, 0) is 11.3 Å². The zero-order valence-corrected chi connectivity index (χ0v) is 11.1. The van der Waals surface area contributed by atoms with Crippen LogP contribution in [0.4, 0.5) is 5.95 Å². The van der Waals surface area contributed by atoms with E-state index in [1.807, 2.05) is 22.8 Å². The maximum atomic E-state index is 6.02. The lowest BCUT2D eigenvalue weighted by atomic mass is 10.1. The van der Waals surface area contributed by atoms with Crippen molar-refractivity contribution in [1.29, 1.82) is 0 Å². The number of benzene rings is 1. The first-order valence-corrected chi connectivity index (χ1v) is 6.69. The van der Waals surface area contributed by atoms with Crippen molar-refractivity contribution < 1.29 is 9.47 Å². The molecule has 0 bridgehead atoms. The van der Waals surface area contributed by atoms with E-state index in [1.165, 1.54) is 6.42 Å². The van der Waals surface area contributed by atoms with E-state index in [0.29, 0.717) is 5.95 Å². The van der Waals surface area contributed by atoms with Crippen LogP contribution in [0.15, 0.2) is 18.2 Å². The summed E-state index contributed by atoms with van der Waals surface area (Å²) in [7, 11) is 1.65. The van der Waals surface area contributed by atoms with Gasteiger partial charge in [-0.15, -0.1) is 0 Å². The van der Waals surface area contributed by atoms with E-state index in [-0.39, 0.29) is 6.10 Å². The van der Waals surface area contributed by atoms with Crippen LogP contribution in [0.2, 0.25) is 0 Å². The predicted octanol–water partition coefficient (Wildman–Crippen LogP) is 2.20. The van der Waals surface area contributed by atoms with Gasteiger partial charge in [0.25, 0.3) is 0 Å². The van der Waals surface area contributed by atoms with Gasteiger partial charge in [0, 0.05) is 12.7 Å². The Morgan fingerprint density at radius 2 is 2.37 bits per heavy atom. The molecule has 102 valence electrons. The molecular formula is C14H19N3O2. The first-order chi connectivity index (χ1) is 9.28. The Morgan fingerprint density at radius 3 is 3.11 bits per heavy atom. The van der Waals surface area contributed by atoms with Crippen molar-refractivity contribution in [3.8, 4) is 5.75 Å². The summed E-state index contributed by atoms with van der Waals surface area (Å²) in [4.78, 5) is 4.39. The highest BCUT2D eigenvalue weighted by atomic mass is 16.5. The average Bonchev–Trinajstić information content (AvgIpc) is 2.75. The lowest BCUT2D eigenvalue weighted by Crippen LogP contribution is -2.25. The van der Waals surface area contributed by atoms with Gasteiger partial charge in [-0.1, -0.05) is 0 Å². The molecule has 2 aromatic rings. The van der Waals surface area contributed by atoms with Gasteiger partial charge in [-0.2, -0.15) is 0 Å². The number of aromatic nitrogens is 2. The van der Waals surface area contributed by atoms with E-state index in [0.717, 1.165) is 42.8 Å². The minimum atomic E-state index is 0.246. The molecule has 0 spiro atoms. The number of methoxy groups -OCH3 is 1. The summed E-state index contributed by atoms with van der Waals surface area (Å²) in [5, 5.41) is 0. The molecule has 1 saturated heterocycles. The first-order valence-electron chi connectivity index (χ1n) is 6.69. The molecule has 1 aromatic carbocycles. The van der Waals surface area contributed by atoms with Crippen molar-refractivity contribution in [1.82, 2.24) is 9.55 Å². The molecule has 0 aliphatic carbocycles. The quantitative estimate of drug-likeness (QED) is 0.920. The standard InChI is InChI=1S/C14H19N3O2/c1-18-10-5-6-13-12(8-10)16-14(15)17(13)9-11-4-2-3-7-19-11/h5-6,8,11H,2-4,7,9H2,1H3,(H2,15,16). The van der Waals surface area contributed by atoms with E-state index in [1.54, 1.807) is 7.11 Å². The molecule has 1 unspecified atom stereocenters. The third-order valence-corrected chi connectivity index (χ3v) is 3.65. The molecule has 0 amide bonds. The Morgan fingerprint density at radius 1 is 1.47 bits per heavy atom. The zero-order valence-electron chi connectivity index (χ0n) is 11.1. The minimum absolute atomic E-state index is 0.246. The lowest BCUT2D eigenvalue weighted by Gasteiger charge is -2.23. The Hall–Kier alpha value is -1.75. The molecule has 1 aromatic heterocycles. The number of rotatable bonds is 3. The topological polar surface area (TPSA) is 62.3 Å². The molecule has 1 atom stereocenters. The number of nitrogens with zero attached hydrogens (tertiary/aromatic N) is 2. The molecule has 1 aliphatic heterocycles. The molecule has 0 radical (unpaired) electrons. The lowest BCUT2D eigenvalue weighted by molar-refractivity contribution is 0.00694. The normalized spacial score (nSPS) is 19.7. The van der Waals surface area contributed by atoms with Gasteiger partial charge >= 0.3 is 0 Å². The number of nitrogen functional groups attached to an aromatic ring is 1. The Bertz CT molecular complexity index is 573. The number of nitrogens with two attached hydrogens (primary N) is 1. The SMILES string of the molecule is COc1ccc2c(c1)nc(N)n2CC1CCCCO1. The molecular weight excluding hydrogens is 242 g/mol. The van der Waals surface area contributed by atoms with E-state index in [9.17, 15) is 0 Å². The smallest absolute Gasteiger partial charge is 0.201 e. The first kappa shape index (κ1) is 12.3. The molecule has 19 heavy (non-hydrogen) atoms. The number of ether oxygens (including phenoxy) is 2. The van der Waals surface area contributed by atoms with Crippen LogP contribution in [-0.4, -0.2) is 29.4 Å². The second-order valence-corrected chi connectivity index (χ2v) is 4.92. The Kier molecular flexibility index (Phi) is 3.29. The summed E-state index contributed by atoms with van der Waals surface area (Å²) >= 11 is 0. The second-order valence-electron chi connectivity index (χ2n) is 4.92. The summed E-state index contributed by atoms with van der Waals surface area (Å²) in [5.74, 6) is 1.34. The average molecular weight is 261 g/mol. The number of hydrogen-bond acceptors (Lipinski definition) is 4. The fraction of sp³-hybridized carbons (Fsp3) is 0.500. The maximum Gasteiger partial charge on any atom is 0.201 e. The van der Waals surface area contributed by atoms with Crippen LogP contribution in [0, 0.1) is 0 Å². The van der Waals surface area contributed by atoms with Gasteiger partial charge in [-0.3, -0.25) is 0 Å². The molecule has 2 N–H and O–H groups in total. The number of hydrogen-bond donors (Lipinski definition) is 1. The summed E-state index contributed by atoms with van der Waals surface area (Å²) in [6, 6.07) is 5.84. The van der Waals surface area contributed by atoms with Crippen LogP contribution >= 0.6 is 0 Å². The van der Waals surface area contributed by atoms with Crippen molar-refractivity contribution in [2.24, 2.45) is 0 Å². The zero-order chi connectivity index (χ0) is 13.2. The number of imidazole rings is 1. The summed E-state index contributed by atoms with van der Waals surface area (Å²) in [6.45, 7) is 1.62. The Labute approximate surface area is 112 Å². The van der Waals surface area contributed by atoms with Gasteiger partial charge in [0.2, 0.25) is 5.95 Å². The summed E-state index contributed by atoms with van der Waals surface area (Å²) in [5.41, 5.74) is 7.92. The van der Waals surface area contributed by atoms with Crippen LogP contribution in [0.5, 0.6) is 5.75 Å². The fourth-order valence-electron chi connectivity index (χ4n) is 2.60. The van der Waals surface area contributed by atoms with Crippen LogP contribution in [0.3, 0.4) is 0 Å². The van der Waals surface area contributed by atoms with Crippen molar-refractivity contribution in [3.05, 3.63) is 18.2 Å². The van der Waals surface area contributed by atoms with E-state index in [2.05, 4.69) is 4.98 Å². The van der Waals surface area contributed by atoms with Gasteiger partial charge in [0.05, 0.1) is 30.8 Å². The van der Waals surface area contributed by atoms with E-state index >= 15 is 0 Å². The molecule has 5 heteroatoms. The van der Waals surface area contributed by atoms with Crippen LogP contribution < -0.4 is 10.5 Å². The number of fused-ring (bicyclic) bond motifs is 1.